The lowest BCUT2D eigenvalue weighted by Gasteiger charge is -1.98. The number of hydrogen-bond donors (Lipinski definition) is 0. The molecule has 0 aromatic rings. The molecule has 0 unspecified atom stereocenters. The minimum absolute atomic E-state index is 0.788. The average molecular weight is 176 g/mol. The van der Waals surface area contributed by atoms with Crippen molar-refractivity contribution in [1.29, 1.82) is 0 Å². The summed E-state index contributed by atoms with van der Waals surface area (Å²) in [6, 6.07) is 0. The van der Waals surface area contributed by atoms with Gasteiger partial charge in [0.05, 0.1) is 11.9 Å². The van der Waals surface area contributed by atoms with E-state index in [0.717, 1.165) is 17.0 Å². The summed E-state index contributed by atoms with van der Waals surface area (Å²) in [6.07, 6.45) is 5.07. The smallest absolute Gasteiger partial charge is 0.0838 e. The van der Waals surface area contributed by atoms with Gasteiger partial charge in [-0.25, -0.2) is 0 Å². The lowest BCUT2D eigenvalue weighted by atomic mass is 10.2. The molecule has 0 aliphatic carbocycles. The number of rotatable bonds is 4. The van der Waals surface area contributed by atoms with Crippen molar-refractivity contribution in [1.82, 2.24) is 0 Å². The van der Waals surface area contributed by atoms with Gasteiger partial charge in [0.2, 0.25) is 0 Å². The topological polar surface area (TPSA) is 24.7 Å². The molecule has 0 bridgehead atoms. The minimum atomic E-state index is 0.788. The molecule has 0 spiro atoms. The summed E-state index contributed by atoms with van der Waals surface area (Å²) in [7, 11) is 0. The van der Waals surface area contributed by atoms with Gasteiger partial charge in [-0.2, -0.15) is 0 Å². The normalized spacial score (nSPS) is 13.5. The van der Waals surface area contributed by atoms with Gasteiger partial charge in [0.1, 0.15) is 0 Å². The van der Waals surface area contributed by atoms with Crippen molar-refractivity contribution in [2.75, 3.05) is 0 Å². The first-order valence-electron chi connectivity index (χ1n) is 4.13. The van der Waals surface area contributed by atoms with Gasteiger partial charge in [0.15, 0.2) is 0 Å². The van der Waals surface area contributed by atoms with Crippen molar-refractivity contribution < 1.29 is 0 Å². The third-order valence-electron chi connectivity index (χ3n) is 1.45. The van der Waals surface area contributed by atoms with Gasteiger partial charge in [-0.05, 0) is 26.3 Å². The fraction of sp³-hybridized carbons (Fsp3) is 0.273. The number of allylic oxidation sites excluding steroid dienone is 3. The molecule has 0 amide bonds. The molecular formula is C11H16N2. The first-order chi connectivity index (χ1) is 6.11. The summed E-state index contributed by atoms with van der Waals surface area (Å²) >= 11 is 0. The molecular weight excluding hydrogens is 160 g/mol. The SMILES string of the molecule is C=CN=CC(=N/C(C)=C\C)C(=C)C. The lowest BCUT2D eigenvalue weighted by Crippen LogP contribution is -2.00. The Morgan fingerprint density at radius 2 is 1.92 bits per heavy atom. The molecule has 2 nitrogen and oxygen atoms in total. The Hall–Kier alpha value is -1.44. The summed E-state index contributed by atoms with van der Waals surface area (Å²) in [5.74, 6) is 0. The zero-order chi connectivity index (χ0) is 10.3. The van der Waals surface area contributed by atoms with Crippen LogP contribution in [0.3, 0.4) is 0 Å². The van der Waals surface area contributed by atoms with E-state index in [9.17, 15) is 0 Å². The van der Waals surface area contributed by atoms with E-state index in [4.69, 9.17) is 0 Å². The van der Waals surface area contributed by atoms with Gasteiger partial charge in [-0.15, -0.1) is 0 Å². The molecule has 0 radical (unpaired) electrons. The second kappa shape index (κ2) is 6.12. The Kier molecular flexibility index (Phi) is 5.44. The summed E-state index contributed by atoms with van der Waals surface area (Å²) in [4.78, 5) is 8.21. The molecule has 0 aromatic carbocycles. The molecule has 0 N–H and O–H groups in total. The molecule has 2 heteroatoms. The highest BCUT2D eigenvalue weighted by Gasteiger charge is 1.95. The maximum Gasteiger partial charge on any atom is 0.0838 e. The van der Waals surface area contributed by atoms with Crippen LogP contribution in [0.4, 0.5) is 0 Å². The van der Waals surface area contributed by atoms with E-state index >= 15 is 0 Å². The van der Waals surface area contributed by atoms with Gasteiger partial charge >= 0.3 is 0 Å². The molecule has 0 saturated carbocycles. The van der Waals surface area contributed by atoms with Crippen molar-refractivity contribution in [3.05, 3.63) is 36.7 Å². The predicted octanol–water partition coefficient (Wildman–Crippen LogP) is 3.14. The van der Waals surface area contributed by atoms with Crippen LogP contribution < -0.4 is 0 Å². The summed E-state index contributed by atoms with van der Waals surface area (Å²) in [5.41, 5.74) is 2.64. The zero-order valence-corrected chi connectivity index (χ0v) is 8.54. The van der Waals surface area contributed by atoms with Crippen LogP contribution in [0.25, 0.3) is 0 Å². The van der Waals surface area contributed by atoms with Crippen molar-refractivity contribution in [3.63, 3.8) is 0 Å². The maximum atomic E-state index is 4.31. The molecule has 70 valence electrons. The van der Waals surface area contributed by atoms with Crippen molar-refractivity contribution in [3.8, 4) is 0 Å². The number of hydrogen-bond acceptors (Lipinski definition) is 2. The Morgan fingerprint density at radius 1 is 1.31 bits per heavy atom. The predicted molar refractivity (Wildman–Crippen MR) is 60.4 cm³/mol. The highest BCUT2D eigenvalue weighted by atomic mass is 14.8. The van der Waals surface area contributed by atoms with Crippen molar-refractivity contribution >= 4 is 11.9 Å². The first-order valence-corrected chi connectivity index (χ1v) is 4.13. The summed E-state index contributed by atoms with van der Waals surface area (Å²) < 4.78 is 0. The van der Waals surface area contributed by atoms with Crippen LogP contribution >= 0.6 is 0 Å². The fourth-order valence-corrected chi connectivity index (χ4v) is 0.612. The molecule has 13 heavy (non-hydrogen) atoms. The Morgan fingerprint density at radius 3 is 2.31 bits per heavy atom. The second-order valence-corrected chi connectivity index (χ2v) is 2.67. The molecule has 0 aliphatic heterocycles. The number of aliphatic imine (C=N–C) groups is 2. The van der Waals surface area contributed by atoms with E-state index in [2.05, 4.69) is 23.1 Å². The Bertz CT molecular complexity index is 280. The highest BCUT2D eigenvalue weighted by Crippen LogP contribution is 1.99. The molecule has 0 saturated heterocycles. The molecule has 0 aromatic heterocycles. The van der Waals surface area contributed by atoms with Gasteiger partial charge < -0.3 is 0 Å². The van der Waals surface area contributed by atoms with Crippen LogP contribution in [-0.4, -0.2) is 11.9 Å². The van der Waals surface area contributed by atoms with Crippen LogP contribution in [0.15, 0.2) is 46.7 Å². The Balaban J connectivity index is 4.80. The van der Waals surface area contributed by atoms with Crippen molar-refractivity contribution in [2.45, 2.75) is 20.8 Å². The quantitative estimate of drug-likeness (QED) is 0.588. The van der Waals surface area contributed by atoms with Crippen molar-refractivity contribution in [2.24, 2.45) is 9.98 Å². The maximum absolute atomic E-state index is 4.31. The van der Waals surface area contributed by atoms with E-state index in [1.165, 1.54) is 6.20 Å². The van der Waals surface area contributed by atoms with E-state index in [0.29, 0.717) is 0 Å². The third kappa shape index (κ3) is 4.90. The van der Waals surface area contributed by atoms with E-state index in [1.54, 1.807) is 6.21 Å². The largest absolute Gasteiger partial charge is 0.263 e. The zero-order valence-electron chi connectivity index (χ0n) is 8.54. The van der Waals surface area contributed by atoms with Crippen LogP contribution in [0.2, 0.25) is 0 Å². The first kappa shape index (κ1) is 11.6. The van der Waals surface area contributed by atoms with Crippen LogP contribution in [0, 0.1) is 0 Å². The van der Waals surface area contributed by atoms with Crippen LogP contribution in [-0.2, 0) is 0 Å². The Labute approximate surface area is 80.1 Å². The van der Waals surface area contributed by atoms with E-state index < -0.39 is 0 Å². The molecule has 0 fully saturated rings. The lowest BCUT2D eigenvalue weighted by molar-refractivity contribution is 1.28. The minimum Gasteiger partial charge on any atom is -0.263 e. The molecule has 0 atom stereocenters. The van der Waals surface area contributed by atoms with Gasteiger partial charge in [-0.1, -0.05) is 19.2 Å². The number of nitrogens with zero attached hydrogens (tertiary/aromatic N) is 2. The van der Waals surface area contributed by atoms with Crippen LogP contribution in [0.5, 0.6) is 0 Å². The highest BCUT2D eigenvalue weighted by molar-refractivity contribution is 6.38. The average Bonchev–Trinajstić information content (AvgIpc) is 2.11. The van der Waals surface area contributed by atoms with Gasteiger partial charge in [-0.3, -0.25) is 9.98 Å². The molecule has 0 rings (SSSR count). The second-order valence-electron chi connectivity index (χ2n) is 2.67. The monoisotopic (exact) mass is 176 g/mol. The summed E-state index contributed by atoms with van der Waals surface area (Å²) in [5, 5.41) is 0. The van der Waals surface area contributed by atoms with Crippen LogP contribution in [0.1, 0.15) is 20.8 Å². The fourth-order valence-electron chi connectivity index (χ4n) is 0.612. The molecule has 0 heterocycles. The van der Waals surface area contributed by atoms with E-state index in [-0.39, 0.29) is 0 Å². The summed E-state index contributed by atoms with van der Waals surface area (Å²) in [6.45, 7) is 13.1. The molecule has 0 aliphatic rings. The third-order valence-corrected chi connectivity index (χ3v) is 1.45. The standard InChI is InChI=1S/C11H16N2/c1-6-10(5)13-11(9(3)4)8-12-7-2/h6-8H,2-3H2,1,4-5H3/b10-6-,12-8?,13-11?. The van der Waals surface area contributed by atoms with Gasteiger partial charge in [0, 0.05) is 11.9 Å². The van der Waals surface area contributed by atoms with E-state index in [1.807, 2.05) is 26.8 Å². The van der Waals surface area contributed by atoms with Gasteiger partial charge in [0.25, 0.3) is 0 Å².